The van der Waals surface area contributed by atoms with Crippen molar-refractivity contribution in [3.63, 3.8) is 0 Å². The van der Waals surface area contributed by atoms with Crippen molar-refractivity contribution in [2.75, 3.05) is 0 Å². The summed E-state index contributed by atoms with van der Waals surface area (Å²) in [6.45, 7) is 5.62. The molecule has 1 rings (SSSR count). The predicted molar refractivity (Wildman–Crippen MR) is 50.5 cm³/mol. The molecular weight excluding hydrogens is 164 g/mol. The van der Waals surface area contributed by atoms with Gasteiger partial charge in [-0.2, -0.15) is 0 Å². The molecule has 0 aliphatic heterocycles. The first kappa shape index (κ1) is 9.84. The molecule has 0 aliphatic rings. The second-order valence-electron chi connectivity index (χ2n) is 3.07. The first-order valence-electron chi connectivity index (χ1n) is 4.47. The topological polar surface area (TPSA) is 42.9 Å². The number of rotatable bonds is 3. The highest BCUT2D eigenvalue weighted by molar-refractivity contribution is 5.84. The number of ketones is 1. The van der Waals surface area contributed by atoms with E-state index in [1.54, 1.807) is 12.4 Å². The Morgan fingerprint density at radius 1 is 1.46 bits per heavy atom. The number of hydrogen-bond donors (Lipinski definition) is 0. The molecule has 1 heterocycles. The van der Waals surface area contributed by atoms with E-state index in [-0.39, 0.29) is 11.7 Å². The average Bonchev–Trinajstić information content (AvgIpc) is 2.16. The minimum atomic E-state index is -0.126. The van der Waals surface area contributed by atoms with Crippen LogP contribution in [0.2, 0.25) is 0 Å². The summed E-state index contributed by atoms with van der Waals surface area (Å²) in [6.07, 6.45) is 3.82. The number of nitrogens with zero attached hydrogens (tertiary/aromatic N) is 2. The predicted octanol–water partition coefficient (Wildman–Crippen LogP) is 1.87. The molecule has 0 saturated heterocycles. The van der Waals surface area contributed by atoms with Gasteiger partial charge in [0.2, 0.25) is 0 Å². The van der Waals surface area contributed by atoms with Crippen molar-refractivity contribution < 1.29 is 4.79 Å². The number of hydrogen-bond acceptors (Lipinski definition) is 3. The lowest BCUT2D eigenvalue weighted by Gasteiger charge is -2.09. The number of carbonyl (C=O) groups excluding carboxylic acids is 1. The Kier molecular flexibility index (Phi) is 3.12. The molecule has 0 aliphatic carbocycles. The summed E-state index contributed by atoms with van der Waals surface area (Å²) in [4.78, 5) is 19.7. The van der Waals surface area contributed by atoms with Crippen molar-refractivity contribution in [1.29, 1.82) is 0 Å². The van der Waals surface area contributed by atoms with Crippen LogP contribution in [0.3, 0.4) is 0 Å². The molecule has 3 heteroatoms. The number of Topliss-reactive ketones (excluding diaryl/α,β-unsaturated/α-hetero) is 1. The third-order valence-electron chi connectivity index (χ3n) is 2.16. The van der Waals surface area contributed by atoms with Crippen LogP contribution in [0.1, 0.15) is 37.6 Å². The molecule has 0 N–H and O–H groups in total. The monoisotopic (exact) mass is 178 g/mol. The number of carbonyl (C=O) groups is 1. The quantitative estimate of drug-likeness (QED) is 0.709. The van der Waals surface area contributed by atoms with Crippen LogP contribution in [-0.4, -0.2) is 15.8 Å². The third-order valence-corrected chi connectivity index (χ3v) is 2.16. The van der Waals surface area contributed by atoms with Crippen LogP contribution in [0.25, 0.3) is 0 Å². The lowest BCUT2D eigenvalue weighted by Crippen LogP contribution is -2.11. The smallest absolute Gasteiger partial charge is 0.141 e. The first-order chi connectivity index (χ1) is 6.16. The van der Waals surface area contributed by atoms with E-state index >= 15 is 0 Å². The summed E-state index contributed by atoms with van der Waals surface area (Å²) >= 11 is 0. The van der Waals surface area contributed by atoms with Crippen molar-refractivity contribution in [2.45, 2.75) is 33.1 Å². The molecule has 0 aromatic carbocycles. The molecule has 0 spiro atoms. The minimum Gasteiger partial charge on any atom is -0.299 e. The maximum absolute atomic E-state index is 11.4. The maximum atomic E-state index is 11.4. The molecule has 0 bridgehead atoms. The van der Waals surface area contributed by atoms with Crippen LogP contribution in [-0.2, 0) is 4.79 Å². The summed E-state index contributed by atoms with van der Waals surface area (Å²) in [5, 5.41) is 0. The Morgan fingerprint density at radius 2 is 2.08 bits per heavy atom. The van der Waals surface area contributed by atoms with Crippen LogP contribution in [0.4, 0.5) is 0 Å². The van der Waals surface area contributed by atoms with Gasteiger partial charge in [0.05, 0.1) is 17.3 Å². The lowest BCUT2D eigenvalue weighted by atomic mass is 9.99. The van der Waals surface area contributed by atoms with Gasteiger partial charge in [0.1, 0.15) is 5.78 Å². The van der Waals surface area contributed by atoms with Gasteiger partial charge < -0.3 is 0 Å². The van der Waals surface area contributed by atoms with E-state index in [1.807, 2.05) is 20.8 Å². The highest BCUT2D eigenvalue weighted by Gasteiger charge is 2.16. The minimum absolute atomic E-state index is 0.126. The van der Waals surface area contributed by atoms with Crippen LogP contribution < -0.4 is 0 Å². The van der Waals surface area contributed by atoms with Crippen molar-refractivity contribution in [2.24, 2.45) is 0 Å². The molecule has 70 valence electrons. The molecular formula is C10H14N2O. The zero-order chi connectivity index (χ0) is 9.84. The van der Waals surface area contributed by atoms with E-state index in [0.717, 1.165) is 11.4 Å². The number of aromatic nitrogens is 2. The Labute approximate surface area is 78.2 Å². The Balaban J connectivity index is 2.95. The SMILES string of the molecule is CCC(=O)C(C)c1nccnc1C. The highest BCUT2D eigenvalue weighted by atomic mass is 16.1. The van der Waals surface area contributed by atoms with E-state index in [0.29, 0.717) is 6.42 Å². The lowest BCUT2D eigenvalue weighted by molar-refractivity contribution is -0.119. The summed E-state index contributed by atoms with van der Waals surface area (Å²) in [5.74, 6) is 0.0855. The molecule has 1 unspecified atom stereocenters. The van der Waals surface area contributed by atoms with Gasteiger partial charge in [-0.25, -0.2) is 0 Å². The molecule has 0 radical (unpaired) electrons. The van der Waals surface area contributed by atoms with Crippen LogP contribution in [0.15, 0.2) is 12.4 Å². The molecule has 1 atom stereocenters. The fourth-order valence-corrected chi connectivity index (χ4v) is 1.30. The van der Waals surface area contributed by atoms with Gasteiger partial charge in [-0.1, -0.05) is 6.92 Å². The Bertz CT molecular complexity index is 310. The van der Waals surface area contributed by atoms with E-state index < -0.39 is 0 Å². The summed E-state index contributed by atoms with van der Waals surface area (Å²) < 4.78 is 0. The Morgan fingerprint density at radius 3 is 2.62 bits per heavy atom. The van der Waals surface area contributed by atoms with E-state index in [2.05, 4.69) is 9.97 Å². The van der Waals surface area contributed by atoms with E-state index in [4.69, 9.17) is 0 Å². The van der Waals surface area contributed by atoms with Gasteiger partial charge in [0, 0.05) is 18.8 Å². The zero-order valence-electron chi connectivity index (χ0n) is 8.24. The fraction of sp³-hybridized carbons (Fsp3) is 0.500. The van der Waals surface area contributed by atoms with Crippen LogP contribution in [0, 0.1) is 6.92 Å². The van der Waals surface area contributed by atoms with Crippen molar-refractivity contribution in [3.8, 4) is 0 Å². The van der Waals surface area contributed by atoms with Crippen molar-refractivity contribution in [1.82, 2.24) is 9.97 Å². The molecule has 0 fully saturated rings. The van der Waals surface area contributed by atoms with Crippen LogP contribution in [0.5, 0.6) is 0 Å². The second-order valence-corrected chi connectivity index (χ2v) is 3.07. The van der Waals surface area contributed by atoms with Gasteiger partial charge in [-0.15, -0.1) is 0 Å². The standard InChI is InChI=1S/C10H14N2O/c1-4-9(13)7(2)10-8(3)11-5-6-12-10/h5-7H,4H2,1-3H3. The molecule has 1 aromatic heterocycles. The fourth-order valence-electron chi connectivity index (χ4n) is 1.30. The molecule has 13 heavy (non-hydrogen) atoms. The molecule has 0 saturated carbocycles. The maximum Gasteiger partial charge on any atom is 0.141 e. The normalized spacial score (nSPS) is 12.5. The number of aryl methyl sites for hydroxylation is 1. The van der Waals surface area contributed by atoms with Gasteiger partial charge in [-0.3, -0.25) is 14.8 Å². The van der Waals surface area contributed by atoms with E-state index in [9.17, 15) is 4.79 Å². The molecule has 3 nitrogen and oxygen atoms in total. The van der Waals surface area contributed by atoms with Gasteiger partial charge in [0.25, 0.3) is 0 Å². The summed E-state index contributed by atoms with van der Waals surface area (Å²) in [6, 6.07) is 0. The zero-order valence-corrected chi connectivity index (χ0v) is 8.24. The largest absolute Gasteiger partial charge is 0.299 e. The molecule has 0 amide bonds. The van der Waals surface area contributed by atoms with Gasteiger partial charge in [0.15, 0.2) is 0 Å². The van der Waals surface area contributed by atoms with Gasteiger partial charge in [-0.05, 0) is 13.8 Å². The van der Waals surface area contributed by atoms with E-state index in [1.165, 1.54) is 0 Å². The van der Waals surface area contributed by atoms with Crippen molar-refractivity contribution >= 4 is 5.78 Å². The van der Waals surface area contributed by atoms with Crippen molar-refractivity contribution in [3.05, 3.63) is 23.8 Å². The highest BCUT2D eigenvalue weighted by Crippen LogP contribution is 2.16. The van der Waals surface area contributed by atoms with Gasteiger partial charge >= 0.3 is 0 Å². The Hall–Kier alpha value is -1.25. The average molecular weight is 178 g/mol. The summed E-state index contributed by atoms with van der Waals surface area (Å²) in [7, 11) is 0. The molecule has 1 aromatic rings. The third kappa shape index (κ3) is 2.11. The second kappa shape index (κ2) is 4.12. The first-order valence-corrected chi connectivity index (χ1v) is 4.47. The summed E-state index contributed by atoms with van der Waals surface area (Å²) in [5.41, 5.74) is 1.64. The van der Waals surface area contributed by atoms with Crippen LogP contribution >= 0.6 is 0 Å².